The first-order chi connectivity index (χ1) is 18.5. The number of amides is 1. The minimum atomic E-state index is -0.593. The summed E-state index contributed by atoms with van der Waals surface area (Å²) in [6, 6.07) is 21.3. The zero-order chi connectivity index (χ0) is 26.5. The molecule has 0 aliphatic heterocycles. The van der Waals surface area contributed by atoms with Gasteiger partial charge in [0.1, 0.15) is 30.3 Å². The van der Waals surface area contributed by atoms with Gasteiger partial charge in [-0.15, -0.1) is 23.7 Å². The number of hydrogen-bond acceptors (Lipinski definition) is 7. The molecule has 12 heteroatoms. The molecule has 3 aromatic carbocycles. The summed E-state index contributed by atoms with van der Waals surface area (Å²) < 4.78 is 19.2. The van der Waals surface area contributed by atoms with Gasteiger partial charge >= 0.3 is 0 Å². The van der Waals surface area contributed by atoms with Crippen LogP contribution in [0, 0.1) is 5.82 Å². The Morgan fingerprint density at radius 3 is 2.70 bits per heavy atom. The zero-order valence-corrected chi connectivity index (χ0v) is 23.0. The van der Waals surface area contributed by atoms with Gasteiger partial charge in [0.05, 0.1) is 10.5 Å². The van der Waals surface area contributed by atoms with Crippen molar-refractivity contribution in [1.82, 2.24) is 15.4 Å². The van der Waals surface area contributed by atoms with E-state index in [1.165, 1.54) is 35.9 Å². The van der Waals surface area contributed by atoms with Crippen molar-refractivity contribution in [2.24, 2.45) is 0 Å². The Morgan fingerprint density at radius 1 is 1.07 bits per heavy atom. The van der Waals surface area contributed by atoms with E-state index in [0.717, 1.165) is 26.2 Å². The molecule has 2 heterocycles. The molecule has 5 N–H and O–H groups in total. The van der Waals surface area contributed by atoms with E-state index < -0.39 is 5.91 Å². The number of aromatic nitrogens is 2. The summed E-state index contributed by atoms with van der Waals surface area (Å²) in [6.45, 7) is 0.193. The highest BCUT2D eigenvalue weighted by atomic mass is 35.5. The second kappa shape index (κ2) is 13.8. The minimum Gasteiger partial charge on any atom is -0.487 e. The number of carbonyl (C=O) groups is 1. The number of carbonyl (C=O) groups excluding carboxylic acids is 1. The zero-order valence-electron chi connectivity index (χ0n) is 20.6. The van der Waals surface area contributed by atoms with Gasteiger partial charge in [-0.2, -0.15) is 0 Å². The Morgan fingerprint density at radius 2 is 1.93 bits per heavy atom. The van der Waals surface area contributed by atoms with Crippen molar-refractivity contribution in [2.45, 2.75) is 6.61 Å². The van der Waals surface area contributed by atoms with Crippen LogP contribution in [-0.2, 0) is 11.4 Å². The molecule has 0 fully saturated rings. The third-order valence-electron chi connectivity index (χ3n) is 5.53. The molecule has 0 spiro atoms. The normalized spacial score (nSPS) is 10.6. The summed E-state index contributed by atoms with van der Waals surface area (Å²) in [5, 5.41) is 13.2. The molecule has 2 aromatic heterocycles. The van der Waals surface area contributed by atoms with Gasteiger partial charge in [-0.3, -0.25) is 10.0 Å². The molecule has 5 rings (SSSR count). The average Bonchev–Trinajstić information content (AvgIpc) is 3.40. The second-order valence-corrected chi connectivity index (χ2v) is 9.68. The van der Waals surface area contributed by atoms with Gasteiger partial charge in [0.25, 0.3) is 5.91 Å². The molecule has 0 saturated heterocycles. The minimum absolute atomic E-state index is 0. The first-order valence-corrected chi connectivity index (χ1v) is 12.6. The molecule has 206 valence electrons. The SMILES string of the molecule is Cl.O.O=C(/C=C/c1ccc(-c2ccc3ncnc(Nc4ccc(OCc5cccc(F)c5)c(Cl)c4)c3c2)s1)NO. The standard InChI is InChI=1S/C28H20ClFN4O3S.ClH.H2O/c29-23-14-20(5-9-25(23)37-15-17-2-1-3-19(30)12-17)33-28-22-13-18(4-8-24(22)31-16-32-28)26-10-6-21(38-26)7-11-27(35)34-36;;/h1-14,16,36H,15H2,(H,34,35)(H,31,32,33);1H;1H2/b11-7+;;. The number of fused-ring (bicyclic) bond motifs is 1. The Balaban J connectivity index is 0.00000220. The maximum atomic E-state index is 13.4. The third-order valence-corrected chi connectivity index (χ3v) is 6.93. The predicted octanol–water partition coefficient (Wildman–Crippen LogP) is 6.59. The fourth-order valence-corrected chi connectivity index (χ4v) is 4.86. The van der Waals surface area contributed by atoms with Crippen molar-refractivity contribution in [3.05, 3.63) is 106 Å². The number of ether oxygens (including phenoxy) is 1. The predicted molar refractivity (Wildman–Crippen MR) is 158 cm³/mol. The highest BCUT2D eigenvalue weighted by Gasteiger charge is 2.10. The molecule has 0 radical (unpaired) electrons. The van der Waals surface area contributed by atoms with E-state index in [2.05, 4.69) is 15.3 Å². The molecule has 1 amide bonds. The number of hydrogen-bond donors (Lipinski definition) is 3. The number of nitrogens with zero attached hydrogens (tertiary/aromatic N) is 2. The van der Waals surface area contributed by atoms with Crippen LogP contribution in [0.25, 0.3) is 27.4 Å². The van der Waals surface area contributed by atoms with Crippen LogP contribution in [0.1, 0.15) is 10.4 Å². The molecule has 0 saturated carbocycles. The van der Waals surface area contributed by atoms with Crippen LogP contribution >= 0.6 is 35.3 Å². The van der Waals surface area contributed by atoms with Crippen LogP contribution in [-0.4, -0.2) is 26.6 Å². The van der Waals surface area contributed by atoms with E-state index in [9.17, 15) is 9.18 Å². The third kappa shape index (κ3) is 7.32. The highest BCUT2D eigenvalue weighted by molar-refractivity contribution is 7.16. The van der Waals surface area contributed by atoms with Gasteiger partial charge in [-0.1, -0.05) is 29.8 Å². The molecule has 0 aliphatic carbocycles. The topological polar surface area (TPSA) is 128 Å². The maximum absolute atomic E-state index is 13.4. The second-order valence-electron chi connectivity index (χ2n) is 8.15. The number of thiophene rings is 1. The van der Waals surface area contributed by atoms with Crippen LogP contribution < -0.4 is 15.5 Å². The number of benzene rings is 3. The van der Waals surface area contributed by atoms with Crippen molar-refractivity contribution >= 4 is 69.7 Å². The summed E-state index contributed by atoms with van der Waals surface area (Å²) in [4.78, 5) is 21.9. The number of rotatable bonds is 8. The quantitative estimate of drug-likeness (QED) is 0.105. The first kappa shape index (κ1) is 30.5. The number of halogens is 3. The summed E-state index contributed by atoms with van der Waals surface area (Å²) in [5.41, 5.74) is 4.72. The smallest absolute Gasteiger partial charge is 0.267 e. The van der Waals surface area contributed by atoms with Crippen molar-refractivity contribution in [3.8, 4) is 16.2 Å². The van der Waals surface area contributed by atoms with E-state index in [1.807, 2.05) is 36.4 Å². The lowest BCUT2D eigenvalue weighted by Crippen LogP contribution is -2.14. The maximum Gasteiger partial charge on any atom is 0.267 e. The van der Waals surface area contributed by atoms with Crippen LogP contribution in [0.15, 0.2) is 85.2 Å². The Kier molecular flexibility index (Phi) is 10.5. The lowest BCUT2D eigenvalue weighted by Gasteiger charge is -2.12. The van der Waals surface area contributed by atoms with Gasteiger partial charge in [0.2, 0.25) is 0 Å². The average molecular weight is 601 g/mol. The van der Waals surface area contributed by atoms with Crippen LogP contribution in [0.4, 0.5) is 15.9 Å². The summed E-state index contributed by atoms with van der Waals surface area (Å²) in [5.74, 6) is 0.179. The van der Waals surface area contributed by atoms with Crippen LogP contribution in [0.2, 0.25) is 5.02 Å². The lowest BCUT2D eigenvalue weighted by molar-refractivity contribution is -0.124. The Hall–Kier alpha value is -4.06. The van der Waals surface area contributed by atoms with E-state index in [0.29, 0.717) is 27.8 Å². The van der Waals surface area contributed by atoms with Crippen molar-refractivity contribution in [2.75, 3.05) is 5.32 Å². The number of nitrogens with one attached hydrogen (secondary N) is 2. The largest absolute Gasteiger partial charge is 0.487 e. The fourth-order valence-electron chi connectivity index (χ4n) is 3.72. The van der Waals surface area contributed by atoms with Crippen molar-refractivity contribution in [1.29, 1.82) is 0 Å². The van der Waals surface area contributed by atoms with Gasteiger partial charge in [-0.25, -0.2) is 19.8 Å². The van der Waals surface area contributed by atoms with Crippen molar-refractivity contribution in [3.63, 3.8) is 0 Å². The van der Waals surface area contributed by atoms with E-state index in [4.69, 9.17) is 21.5 Å². The van der Waals surface area contributed by atoms with Crippen LogP contribution in [0.3, 0.4) is 0 Å². The Labute approximate surface area is 243 Å². The molecular weight excluding hydrogens is 578 g/mol. The molecule has 5 aromatic rings. The number of anilines is 2. The van der Waals surface area contributed by atoms with E-state index in [-0.39, 0.29) is 30.3 Å². The lowest BCUT2D eigenvalue weighted by atomic mass is 10.1. The van der Waals surface area contributed by atoms with Gasteiger partial charge in [-0.05, 0) is 71.8 Å². The molecule has 8 nitrogen and oxygen atoms in total. The summed E-state index contributed by atoms with van der Waals surface area (Å²) in [6.07, 6.45) is 4.38. The summed E-state index contributed by atoms with van der Waals surface area (Å²) in [7, 11) is 0. The first-order valence-electron chi connectivity index (χ1n) is 11.4. The monoisotopic (exact) mass is 600 g/mol. The van der Waals surface area contributed by atoms with Gasteiger partial charge < -0.3 is 15.5 Å². The summed E-state index contributed by atoms with van der Waals surface area (Å²) >= 11 is 7.96. The van der Waals surface area contributed by atoms with E-state index in [1.54, 1.807) is 35.8 Å². The fraction of sp³-hybridized carbons (Fsp3) is 0.0357. The Bertz CT molecular complexity index is 1670. The molecule has 0 aliphatic rings. The molecule has 0 unspecified atom stereocenters. The molecule has 0 bridgehead atoms. The molecular formula is C28H23Cl2FN4O4S. The molecule has 40 heavy (non-hydrogen) atoms. The van der Waals surface area contributed by atoms with Crippen molar-refractivity contribution < 1.29 is 24.6 Å². The van der Waals surface area contributed by atoms with E-state index >= 15 is 0 Å². The van der Waals surface area contributed by atoms with Gasteiger partial charge in [0.15, 0.2) is 0 Å². The molecule has 0 atom stereocenters. The number of hydroxylamine groups is 1. The van der Waals surface area contributed by atoms with Crippen LogP contribution in [0.5, 0.6) is 5.75 Å². The highest BCUT2D eigenvalue weighted by Crippen LogP contribution is 2.34. The van der Waals surface area contributed by atoms with Gasteiger partial charge in [0, 0.05) is 26.9 Å².